The van der Waals surface area contributed by atoms with Gasteiger partial charge in [-0.1, -0.05) is 6.42 Å². The van der Waals surface area contributed by atoms with Crippen molar-refractivity contribution in [3.8, 4) is 0 Å². The van der Waals surface area contributed by atoms with Gasteiger partial charge in [-0.05, 0) is 45.2 Å². The zero-order chi connectivity index (χ0) is 20.4. The largest absolute Gasteiger partial charge is 0.391 e. The number of nitrogens with one attached hydrogen (secondary N) is 2. The van der Waals surface area contributed by atoms with Gasteiger partial charge in [-0.25, -0.2) is 13.1 Å². The molecule has 0 heterocycles. The van der Waals surface area contributed by atoms with E-state index < -0.39 is 44.8 Å². The molecule has 27 heavy (non-hydrogen) atoms. The number of hydrogen-bond acceptors (Lipinski definition) is 5. The number of rotatable bonds is 6. The Morgan fingerprint density at radius 3 is 2.48 bits per heavy atom. The molecule has 0 aromatic heterocycles. The summed E-state index contributed by atoms with van der Waals surface area (Å²) in [5, 5.41) is 14.2. The number of nitro benzene ring substituents is 1. The highest BCUT2D eigenvalue weighted by Gasteiger charge is 2.42. The van der Waals surface area contributed by atoms with E-state index in [4.69, 9.17) is 0 Å². The lowest BCUT2D eigenvalue weighted by molar-refractivity contribution is -0.384. The lowest BCUT2D eigenvalue weighted by Crippen LogP contribution is -2.34. The molecular formula is C16H22F3N3O4S. The molecule has 152 valence electrons. The van der Waals surface area contributed by atoms with Gasteiger partial charge in [0.05, 0.1) is 15.7 Å². The minimum absolute atomic E-state index is 0.0105. The summed E-state index contributed by atoms with van der Waals surface area (Å²) in [6.07, 6.45) is -3.61. The molecule has 0 bridgehead atoms. The Hall–Kier alpha value is -1.88. The van der Waals surface area contributed by atoms with Crippen LogP contribution in [0.5, 0.6) is 0 Å². The van der Waals surface area contributed by atoms with Crippen LogP contribution in [0.4, 0.5) is 24.5 Å². The van der Waals surface area contributed by atoms with Crippen molar-refractivity contribution in [1.82, 2.24) is 4.72 Å². The Morgan fingerprint density at radius 2 is 1.93 bits per heavy atom. The van der Waals surface area contributed by atoms with E-state index in [1.165, 1.54) is 12.1 Å². The highest BCUT2D eigenvalue weighted by molar-refractivity contribution is 7.89. The predicted octanol–water partition coefficient (Wildman–Crippen LogP) is 3.81. The predicted molar refractivity (Wildman–Crippen MR) is 94.0 cm³/mol. The van der Waals surface area contributed by atoms with E-state index in [1.807, 2.05) is 0 Å². The van der Waals surface area contributed by atoms with Crippen molar-refractivity contribution in [3.05, 3.63) is 28.3 Å². The highest BCUT2D eigenvalue weighted by atomic mass is 32.2. The molecule has 1 aliphatic carbocycles. The van der Waals surface area contributed by atoms with Crippen LogP contribution in [0, 0.1) is 16.0 Å². The van der Waals surface area contributed by atoms with E-state index >= 15 is 0 Å². The van der Waals surface area contributed by atoms with Gasteiger partial charge in [0, 0.05) is 18.2 Å². The van der Waals surface area contributed by atoms with Crippen LogP contribution in [0.2, 0.25) is 0 Å². The molecule has 0 aliphatic heterocycles. The van der Waals surface area contributed by atoms with E-state index in [0.717, 1.165) is 6.07 Å². The Bertz CT molecular complexity index is 797. The molecule has 7 nitrogen and oxygen atoms in total. The molecular weight excluding hydrogens is 387 g/mol. The molecule has 1 aliphatic rings. The second-order valence-electron chi connectivity index (χ2n) is 6.96. The van der Waals surface area contributed by atoms with Crippen molar-refractivity contribution in [3.63, 3.8) is 0 Å². The molecule has 0 saturated heterocycles. The van der Waals surface area contributed by atoms with Gasteiger partial charge in [0.2, 0.25) is 10.0 Å². The quantitative estimate of drug-likeness (QED) is 0.549. The molecule has 1 fully saturated rings. The molecule has 2 rings (SSSR count). The lowest BCUT2D eigenvalue weighted by Gasteiger charge is -2.31. The minimum atomic E-state index is -4.30. The SMILES string of the molecule is CC(C)NS(=O)(=O)c1ccc(N[C@@H]2CCC[C@@H](C(F)(F)F)C2)c([N+](=O)[O-])c1. The van der Waals surface area contributed by atoms with Crippen LogP contribution in [-0.4, -0.2) is 31.6 Å². The molecule has 1 saturated carbocycles. The van der Waals surface area contributed by atoms with Gasteiger partial charge in [0.1, 0.15) is 5.69 Å². The monoisotopic (exact) mass is 409 g/mol. The Balaban J connectivity index is 2.26. The number of anilines is 1. The number of hydrogen-bond donors (Lipinski definition) is 2. The number of alkyl halides is 3. The molecule has 0 unspecified atom stereocenters. The smallest absolute Gasteiger partial charge is 0.377 e. The summed E-state index contributed by atoms with van der Waals surface area (Å²) in [4.78, 5) is 10.3. The summed E-state index contributed by atoms with van der Waals surface area (Å²) < 4.78 is 65.5. The first-order chi connectivity index (χ1) is 12.4. The lowest BCUT2D eigenvalue weighted by atomic mass is 9.85. The van der Waals surface area contributed by atoms with Crippen LogP contribution >= 0.6 is 0 Å². The summed E-state index contributed by atoms with van der Waals surface area (Å²) >= 11 is 0. The van der Waals surface area contributed by atoms with Crippen LogP contribution in [-0.2, 0) is 10.0 Å². The second kappa shape index (κ2) is 8.01. The zero-order valence-electron chi connectivity index (χ0n) is 14.9. The van der Waals surface area contributed by atoms with E-state index in [2.05, 4.69) is 10.0 Å². The van der Waals surface area contributed by atoms with Gasteiger partial charge < -0.3 is 5.32 Å². The number of halogens is 3. The molecule has 1 aromatic rings. The topological polar surface area (TPSA) is 101 Å². The van der Waals surface area contributed by atoms with Crippen molar-refractivity contribution in [2.75, 3.05) is 5.32 Å². The summed E-state index contributed by atoms with van der Waals surface area (Å²) in [5.74, 6) is -1.45. The third-order valence-corrected chi connectivity index (χ3v) is 6.02. The van der Waals surface area contributed by atoms with Gasteiger partial charge in [-0.3, -0.25) is 10.1 Å². The molecule has 11 heteroatoms. The van der Waals surface area contributed by atoms with Gasteiger partial charge >= 0.3 is 6.18 Å². The summed E-state index contributed by atoms with van der Waals surface area (Å²) in [6, 6.07) is 2.37. The summed E-state index contributed by atoms with van der Waals surface area (Å²) in [7, 11) is -3.92. The summed E-state index contributed by atoms with van der Waals surface area (Å²) in [5.41, 5.74) is -0.480. The second-order valence-corrected chi connectivity index (χ2v) is 8.67. The van der Waals surface area contributed by atoms with E-state index in [0.29, 0.717) is 12.8 Å². The Kier molecular flexibility index (Phi) is 6.35. The van der Waals surface area contributed by atoms with Crippen LogP contribution < -0.4 is 10.0 Å². The van der Waals surface area contributed by atoms with Crippen molar-refractivity contribution in [2.24, 2.45) is 5.92 Å². The average Bonchev–Trinajstić information content (AvgIpc) is 2.53. The summed E-state index contributed by atoms with van der Waals surface area (Å²) in [6.45, 7) is 3.23. The van der Waals surface area contributed by atoms with Crippen molar-refractivity contribution in [2.45, 2.75) is 62.7 Å². The van der Waals surface area contributed by atoms with Crippen LogP contribution in [0.25, 0.3) is 0 Å². The fourth-order valence-corrected chi connectivity index (χ4v) is 4.44. The van der Waals surface area contributed by atoms with Crippen molar-refractivity contribution < 1.29 is 26.5 Å². The van der Waals surface area contributed by atoms with Gasteiger partial charge in [-0.15, -0.1) is 0 Å². The van der Waals surface area contributed by atoms with Crippen LogP contribution in [0.1, 0.15) is 39.5 Å². The maximum Gasteiger partial charge on any atom is 0.391 e. The molecule has 0 amide bonds. The fourth-order valence-electron chi connectivity index (χ4n) is 3.17. The van der Waals surface area contributed by atoms with Gasteiger partial charge in [-0.2, -0.15) is 13.2 Å². The first-order valence-electron chi connectivity index (χ1n) is 8.54. The molecule has 1 aromatic carbocycles. The Labute approximate surface area is 155 Å². The van der Waals surface area contributed by atoms with E-state index in [-0.39, 0.29) is 23.4 Å². The third kappa shape index (κ3) is 5.55. The third-order valence-electron chi connectivity index (χ3n) is 4.36. The van der Waals surface area contributed by atoms with Crippen LogP contribution in [0.3, 0.4) is 0 Å². The number of sulfonamides is 1. The standard InChI is InChI=1S/C16H22F3N3O4S/c1-10(2)21-27(25,26)13-6-7-14(15(9-13)22(23)24)20-12-5-3-4-11(8-12)16(17,18)19/h6-7,9-12,20-21H,3-5,8H2,1-2H3/t11-,12-/m1/s1. The van der Waals surface area contributed by atoms with E-state index in [1.54, 1.807) is 13.8 Å². The fraction of sp³-hybridized carbons (Fsp3) is 0.625. The highest BCUT2D eigenvalue weighted by Crippen LogP contribution is 2.39. The van der Waals surface area contributed by atoms with Gasteiger partial charge in [0.25, 0.3) is 5.69 Å². The average molecular weight is 409 g/mol. The van der Waals surface area contributed by atoms with Crippen molar-refractivity contribution >= 4 is 21.4 Å². The maximum atomic E-state index is 12.9. The first-order valence-corrected chi connectivity index (χ1v) is 10.0. The van der Waals surface area contributed by atoms with E-state index in [9.17, 15) is 31.7 Å². The molecule has 2 N–H and O–H groups in total. The van der Waals surface area contributed by atoms with Crippen molar-refractivity contribution in [1.29, 1.82) is 0 Å². The molecule has 2 atom stereocenters. The minimum Gasteiger partial charge on any atom is -0.377 e. The number of nitro groups is 1. The maximum absolute atomic E-state index is 12.9. The molecule has 0 spiro atoms. The normalized spacial score (nSPS) is 21.3. The number of benzene rings is 1. The van der Waals surface area contributed by atoms with Gasteiger partial charge in [0.15, 0.2) is 0 Å². The molecule has 0 radical (unpaired) electrons. The Morgan fingerprint density at radius 1 is 1.26 bits per heavy atom. The first kappa shape index (κ1) is 21.4. The number of nitrogens with zero attached hydrogens (tertiary/aromatic N) is 1. The van der Waals surface area contributed by atoms with Crippen LogP contribution in [0.15, 0.2) is 23.1 Å². The zero-order valence-corrected chi connectivity index (χ0v) is 15.7.